The third-order valence-corrected chi connectivity index (χ3v) is 13.8. The van der Waals surface area contributed by atoms with Crippen LogP contribution in [0.4, 0.5) is 0 Å². The number of rotatable bonds is 59. The lowest BCUT2D eigenvalue weighted by Gasteiger charge is -2.18. The molecule has 0 fully saturated rings. The minimum atomic E-state index is -0.815. The molecule has 0 aliphatic carbocycles. The van der Waals surface area contributed by atoms with Crippen LogP contribution in [0.2, 0.25) is 0 Å². The molecule has 0 aromatic rings. The van der Waals surface area contributed by atoms with Gasteiger partial charge in [-0.2, -0.15) is 0 Å². The van der Waals surface area contributed by atoms with Crippen LogP contribution in [-0.2, 0) is 28.6 Å². The average molecular weight is 1120 g/mol. The van der Waals surface area contributed by atoms with E-state index in [1.54, 1.807) is 0 Å². The van der Waals surface area contributed by atoms with E-state index in [1.165, 1.54) is 122 Å². The molecule has 1 unspecified atom stereocenters. The zero-order valence-electron chi connectivity index (χ0n) is 52.5. The van der Waals surface area contributed by atoms with Gasteiger partial charge >= 0.3 is 17.9 Å². The summed E-state index contributed by atoms with van der Waals surface area (Å²) in [5.41, 5.74) is 0. The molecule has 458 valence electrons. The molecule has 81 heavy (non-hydrogen) atoms. The number of hydrogen-bond donors (Lipinski definition) is 0. The molecule has 6 heteroatoms. The predicted octanol–water partition coefficient (Wildman–Crippen LogP) is 23.1. The normalized spacial score (nSPS) is 13.1. The average Bonchev–Trinajstić information content (AvgIpc) is 3.47. The predicted molar refractivity (Wildman–Crippen MR) is 352 cm³/mol. The van der Waals surface area contributed by atoms with Crippen molar-refractivity contribution < 1.29 is 28.6 Å². The highest BCUT2D eigenvalue weighted by atomic mass is 16.6. The summed E-state index contributed by atoms with van der Waals surface area (Å²) in [6.07, 6.45) is 97.2. The fraction of sp³-hybridized carbons (Fsp3) is 0.640. The first-order chi connectivity index (χ1) is 40.0. The van der Waals surface area contributed by atoms with Gasteiger partial charge in [0.05, 0.1) is 0 Å². The first kappa shape index (κ1) is 76.3. The fourth-order valence-electron chi connectivity index (χ4n) is 8.93. The number of ether oxygens (including phenoxy) is 3. The van der Waals surface area contributed by atoms with Crippen LogP contribution in [0.5, 0.6) is 0 Å². The molecule has 0 bridgehead atoms. The second-order valence-electron chi connectivity index (χ2n) is 21.6. The summed E-state index contributed by atoms with van der Waals surface area (Å²) >= 11 is 0. The lowest BCUT2D eigenvalue weighted by Crippen LogP contribution is -2.30. The van der Waals surface area contributed by atoms with E-state index in [0.717, 1.165) is 122 Å². The minimum absolute atomic E-state index is 0.104. The second kappa shape index (κ2) is 67.8. The number of allylic oxidation sites excluding steroid dienone is 24. The van der Waals surface area contributed by atoms with Gasteiger partial charge in [-0.25, -0.2) is 0 Å². The van der Waals surface area contributed by atoms with Gasteiger partial charge in [0.2, 0.25) is 0 Å². The topological polar surface area (TPSA) is 78.9 Å². The van der Waals surface area contributed by atoms with E-state index >= 15 is 0 Å². The Morgan fingerprint density at radius 2 is 0.494 bits per heavy atom. The van der Waals surface area contributed by atoms with E-state index in [-0.39, 0.29) is 37.5 Å². The van der Waals surface area contributed by atoms with Gasteiger partial charge in [-0.15, -0.1) is 0 Å². The van der Waals surface area contributed by atoms with Crippen molar-refractivity contribution in [2.24, 2.45) is 0 Å². The summed E-state index contributed by atoms with van der Waals surface area (Å²) in [6.45, 7) is 6.38. The Balaban J connectivity index is 4.42. The van der Waals surface area contributed by atoms with Crippen LogP contribution in [0.25, 0.3) is 0 Å². The molecule has 0 N–H and O–H groups in total. The molecular weight excluding hydrogens is 997 g/mol. The van der Waals surface area contributed by atoms with Crippen LogP contribution in [-0.4, -0.2) is 37.2 Å². The third kappa shape index (κ3) is 66.0. The number of hydrogen-bond acceptors (Lipinski definition) is 6. The van der Waals surface area contributed by atoms with Crippen molar-refractivity contribution in [1.82, 2.24) is 0 Å². The Kier molecular flexibility index (Phi) is 63.9. The van der Waals surface area contributed by atoms with Gasteiger partial charge in [0.1, 0.15) is 13.2 Å². The number of esters is 3. The van der Waals surface area contributed by atoms with Gasteiger partial charge in [-0.05, 0) is 116 Å². The van der Waals surface area contributed by atoms with Crippen molar-refractivity contribution in [2.45, 2.75) is 297 Å². The van der Waals surface area contributed by atoms with Crippen molar-refractivity contribution in [3.05, 3.63) is 146 Å². The van der Waals surface area contributed by atoms with Gasteiger partial charge < -0.3 is 14.2 Å². The lowest BCUT2D eigenvalue weighted by molar-refractivity contribution is -0.167. The van der Waals surface area contributed by atoms with Crippen molar-refractivity contribution in [3.8, 4) is 0 Å². The molecular formula is C75H122O6. The molecule has 0 heterocycles. The van der Waals surface area contributed by atoms with E-state index in [9.17, 15) is 14.4 Å². The highest BCUT2D eigenvalue weighted by molar-refractivity contribution is 5.71. The van der Waals surface area contributed by atoms with Crippen molar-refractivity contribution in [1.29, 1.82) is 0 Å². The number of unbranched alkanes of at least 4 members (excludes halogenated alkanes) is 24. The minimum Gasteiger partial charge on any atom is -0.462 e. The first-order valence-corrected chi connectivity index (χ1v) is 33.3. The van der Waals surface area contributed by atoms with Crippen LogP contribution in [0.3, 0.4) is 0 Å². The molecule has 0 amide bonds. The smallest absolute Gasteiger partial charge is 0.306 e. The monoisotopic (exact) mass is 1120 g/mol. The molecule has 0 rings (SSSR count). The standard InChI is InChI=1S/C75H122O6/c1-4-7-10-13-16-19-22-25-27-29-31-33-35-36-37-38-40-41-43-45-47-50-53-56-59-62-65-68-74(77)80-71-72(70-79-73(76)67-64-61-58-55-52-49-24-21-18-15-12-9-6-3)81-75(78)69-66-63-60-57-54-51-48-46-44-42-39-34-32-30-28-26-23-20-17-14-11-8-5-2/h7-8,10-11,16-17,19-20,25-28,31-34,36-37,42,44,48,51,57,60,72H,4-6,9,12-15,18,21-24,29-30,35,38-41,43,45-47,49-50,52-56,58-59,61-71H2,1-3H3/b10-7-,11-8-,19-16-,20-17-,27-25-,28-26-,33-31-,34-32-,37-36-,44-42-,51-48-,60-57-. The Morgan fingerprint density at radius 3 is 0.790 bits per heavy atom. The molecule has 0 aliphatic rings. The zero-order chi connectivity index (χ0) is 58.5. The van der Waals surface area contributed by atoms with Crippen LogP contribution < -0.4 is 0 Å². The first-order valence-electron chi connectivity index (χ1n) is 33.3. The molecule has 0 saturated carbocycles. The maximum absolute atomic E-state index is 12.9. The van der Waals surface area contributed by atoms with Crippen molar-refractivity contribution in [2.75, 3.05) is 13.2 Å². The summed E-state index contributed by atoms with van der Waals surface area (Å²) in [5.74, 6) is -0.963. The Hall–Kier alpha value is -4.71. The zero-order valence-corrected chi connectivity index (χ0v) is 52.5. The lowest BCUT2D eigenvalue weighted by atomic mass is 10.0. The largest absolute Gasteiger partial charge is 0.462 e. The second-order valence-corrected chi connectivity index (χ2v) is 21.6. The summed E-state index contributed by atoms with van der Waals surface area (Å²) in [6, 6.07) is 0. The van der Waals surface area contributed by atoms with Crippen molar-refractivity contribution >= 4 is 17.9 Å². The van der Waals surface area contributed by atoms with Crippen LogP contribution in [0.1, 0.15) is 290 Å². The van der Waals surface area contributed by atoms with Crippen LogP contribution in [0, 0.1) is 0 Å². The van der Waals surface area contributed by atoms with Crippen LogP contribution in [0.15, 0.2) is 146 Å². The molecule has 6 nitrogen and oxygen atoms in total. The van der Waals surface area contributed by atoms with E-state index in [0.29, 0.717) is 19.3 Å². The van der Waals surface area contributed by atoms with E-state index in [1.807, 2.05) is 0 Å². The maximum atomic E-state index is 12.9. The summed E-state index contributed by atoms with van der Waals surface area (Å²) in [5, 5.41) is 0. The van der Waals surface area contributed by atoms with E-state index in [4.69, 9.17) is 14.2 Å². The molecule has 0 aromatic carbocycles. The van der Waals surface area contributed by atoms with Gasteiger partial charge in [0.15, 0.2) is 6.10 Å². The van der Waals surface area contributed by atoms with Crippen LogP contribution >= 0.6 is 0 Å². The molecule has 0 saturated heterocycles. The Bertz CT molecular complexity index is 1760. The fourth-order valence-corrected chi connectivity index (χ4v) is 8.93. The molecule has 0 spiro atoms. The number of carbonyl (C=O) groups excluding carboxylic acids is 3. The number of carbonyl (C=O) groups is 3. The molecule has 0 aliphatic heterocycles. The Labute approximate surface area is 499 Å². The third-order valence-electron chi connectivity index (χ3n) is 13.8. The van der Waals surface area contributed by atoms with Gasteiger partial charge in [0.25, 0.3) is 0 Å². The van der Waals surface area contributed by atoms with Gasteiger partial charge in [-0.3, -0.25) is 14.4 Å². The quantitative estimate of drug-likeness (QED) is 0.0261. The van der Waals surface area contributed by atoms with Crippen molar-refractivity contribution in [3.63, 3.8) is 0 Å². The molecule has 0 aromatic heterocycles. The summed E-state index contributed by atoms with van der Waals surface area (Å²) in [4.78, 5) is 38.3. The Morgan fingerprint density at radius 1 is 0.259 bits per heavy atom. The van der Waals surface area contributed by atoms with Gasteiger partial charge in [0, 0.05) is 19.3 Å². The molecule has 0 radical (unpaired) electrons. The van der Waals surface area contributed by atoms with E-state index in [2.05, 4.69) is 167 Å². The molecule has 1 atom stereocenters. The SMILES string of the molecule is CC/C=C\C/C=C\C/C=C\C/C=C\C/C=C\C/C=C\C/C=C\CCCC(=O)OC(COC(=O)CCCCCCCCCCCCC/C=C\C/C=C\C/C=C\C/C=C\C/C=C\CC)COC(=O)CCCCCCCCCCCCCCC. The highest BCUT2D eigenvalue weighted by Gasteiger charge is 2.19. The van der Waals surface area contributed by atoms with E-state index < -0.39 is 6.10 Å². The highest BCUT2D eigenvalue weighted by Crippen LogP contribution is 2.16. The van der Waals surface area contributed by atoms with Gasteiger partial charge in [-0.1, -0.05) is 301 Å². The summed E-state index contributed by atoms with van der Waals surface area (Å²) < 4.78 is 16.9. The maximum Gasteiger partial charge on any atom is 0.306 e. The summed E-state index contributed by atoms with van der Waals surface area (Å²) in [7, 11) is 0.